The fourth-order valence-corrected chi connectivity index (χ4v) is 3.43. The number of para-hydroxylation sites is 1. The molecule has 2 N–H and O–H groups in total. The molecule has 4 rings (SSSR count). The van der Waals surface area contributed by atoms with E-state index in [-0.39, 0.29) is 5.88 Å². The Morgan fingerprint density at radius 3 is 2.63 bits per heavy atom. The van der Waals surface area contributed by atoms with Crippen molar-refractivity contribution in [2.45, 2.75) is 12.6 Å². The molecule has 2 aliphatic rings. The maximum absolute atomic E-state index is 11.1. The Balaban J connectivity index is 1.80. The fraction of sp³-hybridized carbons (Fsp3) is 0.0870. The van der Waals surface area contributed by atoms with Crippen molar-refractivity contribution in [2.24, 2.45) is 0 Å². The average Bonchev–Trinajstić information content (AvgIpc) is 2.72. The zero-order valence-electron chi connectivity index (χ0n) is 14.9. The lowest BCUT2D eigenvalue weighted by Gasteiger charge is -2.44. The quantitative estimate of drug-likeness (QED) is 0.854. The van der Waals surface area contributed by atoms with Crippen LogP contribution in [0.15, 0.2) is 96.7 Å². The van der Waals surface area contributed by atoms with Crippen molar-refractivity contribution in [1.29, 1.82) is 0 Å². The third-order valence-corrected chi connectivity index (χ3v) is 4.77. The second-order valence-corrected chi connectivity index (χ2v) is 6.49. The first kappa shape index (κ1) is 17.2. The van der Waals surface area contributed by atoms with Crippen LogP contribution >= 0.6 is 0 Å². The van der Waals surface area contributed by atoms with E-state index in [1.54, 1.807) is 15.9 Å². The van der Waals surface area contributed by atoms with E-state index in [2.05, 4.69) is 6.58 Å². The van der Waals surface area contributed by atoms with Crippen LogP contribution in [-0.4, -0.2) is 21.3 Å². The smallest absolute Gasteiger partial charge is 0.201 e. The number of hydrogen-bond donors (Lipinski definition) is 2. The number of aliphatic hydroxyl groups is 2. The van der Waals surface area contributed by atoms with Gasteiger partial charge in [-0.05, 0) is 29.3 Å². The molecule has 1 atom stereocenters. The number of allylic oxidation sites excluding steroid dienone is 2. The summed E-state index contributed by atoms with van der Waals surface area (Å²) in [7, 11) is 0. The van der Waals surface area contributed by atoms with E-state index in [1.807, 2.05) is 79.4 Å². The van der Waals surface area contributed by atoms with Gasteiger partial charge in [-0.15, -0.1) is 0 Å². The lowest BCUT2D eigenvalue weighted by molar-refractivity contribution is 0.0639. The van der Waals surface area contributed by atoms with Crippen LogP contribution in [0.3, 0.4) is 0 Å². The van der Waals surface area contributed by atoms with Gasteiger partial charge >= 0.3 is 0 Å². The number of fused-ring (bicyclic) bond motifs is 1. The second kappa shape index (κ2) is 7.17. The van der Waals surface area contributed by atoms with Crippen molar-refractivity contribution < 1.29 is 10.2 Å². The summed E-state index contributed by atoms with van der Waals surface area (Å²) >= 11 is 0. The number of anilines is 1. The van der Waals surface area contributed by atoms with Crippen LogP contribution in [0.2, 0.25) is 0 Å². The molecule has 0 aliphatic carbocycles. The van der Waals surface area contributed by atoms with Gasteiger partial charge in [0.05, 0.1) is 12.2 Å². The molecular formula is C23H21N2O2. The number of aliphatic hydroxyl groups excluding tert-OH is 2. The first-order valence-electron chi connectivity index (χ1n) is 8.86. The van der Waals surface area contributed by atoms with Crippen LogP contribution < -0.4 is 4.90 Å². The number of benzene rings is 2. The molecule has 1 radical (unpaired) electrons. The maximum atomic E-state index is 11.1. The molecule has 2 aromatic carbocycles. The zero-order valence-corrected chi connectivity index (χ0v) is 14.9. The van der Waals surface area contributed by atoms with Gasteiger partial charge in [-0.25, -0.2) is 0 Å². The van der Waals surface area contributed by atoms with Gasteiger partial charge < -0.3 is 15.1 Å². The molecule has 0 saturated carbocycles. The molecule has 4 nitrogen and oxygen atoms in total. The highest BCUT2D eigenvalue weighted by Gasteiger charge is 2.37. The van der Waals surface area contributed by atoms with Crippen LogP contribution in [-0.2, 0) is 6.42 Å². The Bertz CT molecular complexity index is 944. The molecule has 1 unspecified atom stereocenters. The van der Waals surface area contributed by atoms with Crippen molar-refractivity contribution in [1.82, 2.24) is 4.90 Å². The van der Waals surface area contributed by atoms with Gasteiger partial charge in [0, 0.05) is 12.0 Å². The van der Waals surface area contributed by atoms with Gasteiger partial charge in [0.25, 0.3) is 0 Å². The molecular weight excluding hydrogens is 336 g/mol. The van der Waals surface area contributed by atoms with Gasteiger partial charge in [0.1, 0.15) is 5.82 Å². The molecule has 135 valence electrons. The first-order chi connectivity index (χ1) is 13.2. The van der Waals surface area contributed by atoms with Crippen LogP contribution in [0.25, 0.3) is 6.08 Å². The van der Waals surface area contributed by atoms with E-state index in [0.29, 0.717) is 17.8 Å². The number of nitrogens with zero attached hydrogens (tertiary/aromatic N) is 2. The van der Waals surface area contributed by atoms with E-state index in [0.717, 1.165) is 16.8 Å². The van der Waals surface area contributed by atoms with Crippen molar-refractivity contribution in [3.63, 3.8) is 0 Å². The van der Waals surface area contributed by atoms with E-state index < -0.39 is 6.23 Å². The van der Waals surface area contributed by atoms with E-state index >= 15 is 0 Å². The Hall–Kier alpha value is -3.24. The van der Waals surface area contributed by atoms with Gasteiger partial charge in [-0.2, -0.15) is 0 Å². The zero-order chi connectivity index (χ0) is 18.8. The summed E-state index contributed by atoms with van der Waals surface area (Å²) in [6.45, 7) is 5.63. The Morgan fingerprint density at radius 1 is 1.04 bits per heavy atom. The highest BCUT2D eigenvalue weighted by molar-refractivity contribution is 5.60. The largest absolute Gasteiger partial charge is 0.494 e. The summed E-state index contributed by atoms with van der Waals surface area (Å²) in [5, 5.41) is 22.0. The summed E-state index contributed by atoms with van der Waals surface area (Å²) in [4.78, 5) is 3.53. The molecule has 2 aliphatic heterocycles. The summed E-state index contributed by atoms with van der Waals surface area (Å²) in [5.74, 6) is 0.765. The van der Waals surface area contributed by atoms with Gasteiger partial charge in [0.2, 0.25) is 5.88 Å². The van der Waals surface area contributed by atoms with Gasteiger partial charge in [-0.1, -0.05) is 67.3 Å². The topological polar surface area (TPSA) is 46.9 Å². The van der Waals surface area contributed by atoms with Crippen molar-refractivity contribution >= 4 is 11.8 Å². The summed E-state index contributed by atoms with van der Waals surface area (Å²) in [6.07, 6.45) is 6.92. The lowest BCUT2D eigenvalue weighted by atomic mass is 9.99. The third-order valence-electron chi connectivity index (χ3n) is 4.77. The number of rotatable bonds is 4. The summed E-state index contributed by atoms with van der Waals surface area (Å²) in [6, 6.07) is 17.6. The molecule has 2 heterocycles. The molecule has 2 aromatic rings. The minimum Gasteiger partial charge on any atom is -0.494 e. The Morgan fingerprint density at radius 2 is 1.85 bits per heavy atom. The predicted molar refractivity (Wildman–Crippen MR) is 108 cm³/mol. The van der Waals surface area contributed by atoms with Crippen LogP contribution in [0.5, 0.6) is 0 Å². The first-order valence-corrected chi connectivity index (χ1v) is 8.86. The number of hydrogen-bond acceptors (Lipinski definition) is 4. The van der Waals surface area contributed by atoms with E-state index in [4.69, 9.17) is 0 Å². The highest BCUT2D eigenvalue weighted by Crippen LogP contribution is 2.37. The molecule has 0 saturated heterocycles. The Labute approximate surface area is 159 Å². The minimum absolute atomic E-state index is 0.0592. The highest BCUT2D eigenvalue weighted by atomic mass is 16.3. The normalized spacial score (nSPS) is 19.0. The average molecular weight is 357 g/mol. The molecule has 0 bridgehead atoms. The van der Waals surface area contributed by atoms with Gasteiger partial charge in [0.15, 0.2) is 6.23 Å². The molecule has 0 amide bonds. The predicted octanol–water partition coefficient (Wildman–Crippen LogP) is 4.36. The van der Waals surface area contributed by atoms with Crippen LogP contribution in [0, 0.1) is 6.54 Å². The SMILES string of the molecule is C=Cc1cccc(CC2=C(O)N(c3ccccc3)C3=CC=C[CH]N3C2O)c1. The van der Waals surface area contributed by atoms with Crippen LogP contribution in [0.1, 0.15) is 11.1 Å². The molecule has 0 aromatic heterocycles. The standard InChI is InChI=1S/C23H21N2O2/c1-2-17-9-8-10-18(15-17)16-20-22(26)24-14-7-6-13-21(24)25(23(20)27)19-11-4-3-5-12-19/h2-15,22,26-27H,1,16H2. The van der Waals surface area contributed by atoms with Crippen LogP contribution in [0.4, 0.5) is 5.69 Å². The second-order valence-electron chi connectivity index (χ2n) is 6.49. The van der Waals surface area contributed by atoms with Crippen molar-refractivity contribution in [3.05, 3.63) is 114 Å². The summed E-state index contributed by atoms with van der Waals surface area (Å²) < 4.78 is 0. The van der Waals surface area contributed by atoms with E-state index in [9.17, 15) is 10.2 Å². The fourth-order valence-electron chi connectivity index (χ4n) is 3.43. The summed E-state index contributed by atoms with van der Waals surface area (Å²) in [5.41, 5.74) is 3.38. The lowest BCUT2D eigenvalue weighted by Crippen LogP contribution is -2.47. The Kier molecular flexibility index (Phi) is 4.57. The van der Waals surface area contributed by atoms with Crippen molar-refractivity contribution in [2.75, 3.05) is 4.90 Å². The maximum Gasteiger partial charge on any atom is 0.201 e. The van der Waals surface area contributed by atoms with E-state index in [1.165, 1.54) is 0 Å². The molecule has 27 heavy (non-hydrogen) atoms. The minimum atomic E-state index is -0.937. The van der Waals surface area contributed by atoms with Crippen molar-refractivity contribution in [3.8, 4) is 0 Å². The molecule has 0 spiro atoms. The molecule has 0 fully saturated rings. The molecule has 4 heteroatoms. The van der Waals surface area contributed by atoms with Gasteiger partial charge in [-0.3, -0.25) is 4.90 Å². The monoisotopic (exact) mass is 357 g/mol. The third kappa shape index (κ3) is 3.15.